The van der Waals surface area contributed by atoms with Crippen molar-refractivity contribution >= 4 is 7.12 Å². The van der Waals surface area contributed by atoms with Crippen LogP contribution in [0.25, 0.3) is 0 Å². The fraction of sp³-hybridized carbons (Fsp3) is 0.379. The minimum atomic E-state index is -4.38. The Hall–Kier alpha value is -2.61. The van der Waals surface area contributed by atoms with Crippen molar-refractivity contribution in [3.63, 3.8) is 0 Å². The van der Waals surface area contributed by atoms with Crippen LogP contribution in [0.5, 0.6) is 0 Å². The van der Waals surface area contributed by atoms with Gasteiger partial charge in [-0.1, -0.05) is 72.8 Å². The number of hydrogen-bond donors (Lipinski definition) is 0. The van der Waals surface area contributed by atoms with Crippen LogP contribution in [0.3, 0.4) is 0 Å². The van der Waals surface area contributed by atoms with Gasteiger partial charge in [0.1, 0.15) is 0 Å². The van der Waals surface area contributed by atoms with Crippen LogP contribution >= 0.6 is 0 Å². The van der Waals surface area contributed by atoms with Gasteiger partial charge in [0.25, 0.3) is 0 Å². The topological polar surface area (TPSA) is 21.7 Å². The van der Waals surface area contributed by atoms with Gasteiger partial charge < -0.3 is 9.31 Å². The lowest BCUT2D eigenvalue weighted by atomic mass is 9.77. The van der Waals surface area contributed by atoms with Crippen LogP contribution in [-0.4, -0.2) is 23.2 Å². The van der Waals surface area contributed by atoms with Crippen LogP contribution in [0.2, 0.25) is 6.32 Å². The molecule has 0 unspecified atom stereocenters. The molecule has 190 valence electrons. The van der Waals surface area contributed by atoms with Gasteiger partial charge in [0, 0.05) is 25.5 Å². The smallest absolute Gasteiger partial charge is 0.403 e. The summed E-state index contributed by atoms with van der Waals surface area (Å²) in [6, 6.07) is 25.5. The van der Waals surface area contributed by atoms with Gasteiger partial charge in [-0.3, -0.25) is 4.90 Å². The van der Waals surface area contributed by atoms with Crippen LogP contribution in [0.4, 0.5) is 13.2 Å². The number of hydrogen-bond acceptors (Lipinski definition) is 3. The molecule has 0 saturated carbocycles. The summed E-state index contributed by atoms with van der Waals surface area (Å²) in [5.41, 5.74) is 1.40. The summed E-state index contributed by atoms with van der Waals surface area (Å²) in [6.07, 6.45) is -3.90. The summed E-state index contributed by atoms with van der Waals surface area (Å²) >= 11 is 0. The minimum Gasteiger partial charge on any atom is -0.403 e. The third kappa shape index (κ3) is 6.20. The Bertz CT molecular complexity index is 1060. The molecule has 1 saturated heterocycles. The van der Waals surface area contributed by atoms with E-state index in [0.717, 1.165) is 28.8 Å². The molecule has 3 aromatic carbocycles. The monoisotopic (exact) mass is 495 g/mol. The molecule has 0 aliphatic carbocycles. The Morgan fingerprint density at radius 2 is 1.17 bits per heavy atom. The maximum Gasteiger partial charge on any atom is 0.459 e. The second kappa shape index (κ2) is 10.4. The Kier molecular flexibility index (Phi) is 7.65. The first-order valence-corrected chi connectivity index (χ1v) is 12.3. The van der Waals surface area contributed by atoms with Gasteiger partial charge in [-0.25, -0.2) is 0 Å². The normalized spacial score (nSPS) is 17.9. The Balaban J connectivity index is 1.71. The van der Waals surface area contributed by atoms with Gasteiger partial charge in [-0.15, -0.1) is 0 Å². The zero-order chi connectivity index (χ0) is 26.0. The van der Waals surface area contributed by atoms with Crippen molar-refractivity contribution in [3.05, 3.63) is 107 Å². The van der Waals surface area contributed by atoms with E-state index in [4.69, 9.17) is 9.31 Å². The van der Waals surface area contributed by atoms with E-state index < -0.39 is 30.1 Å². The number of halogens is 3. The van der Waals surface area contributed by atoms with Gasteiger partial charge in [0.2, 0.25) is 0 Å². The van der Waals surface area contributed by atoms with Gasteiger partial charge in [-0.2, -0.15) is 13.2 Å². The van der Waals surface area contributed by atoms with E-state index in [1.807, 2.05) is 64.1 Å². The van der Waals surface area contributed by atoms with E-state index in [0.29, 0.717) is 19.4 Å². The second-order valence-corrected chi connectivity index (χ2v) is 10.4. The zero-order valence-corrected chi connectivity index (χ0v) is 21.3. The first-order chi connectivity index (χ1) is 16.9. The van der Waals surface area contributed by atoms with Crippen LogP contribution in [0.1, 0.15) is 56.0 Å². The molecule has 3 nitrogen and oxygen atoms in total. The van der Waals surface area contributed by atoms with Crippen molar-refractivity contribution < 1.29 is 22.5 Å². The molecule has 1 heterocycles. The van der Waals surface area contributed by atoms with Crippen molar-refractivity contribution in [2.45, 2.75) is 70.5 Å². The van der Waals surface area contributed by atoms with E-state index in [1.54, 1.807) is 12.1 Å². The second-order valence-electron chi connectivity index (χ2n) is 10.4. The molecule has 36 heavy (non-hydrogen) atoms. The van der Waals surface area contributed by atoms with Crippen molar-refractivity contribution in [1.82, 2.24) is 4.90 Å². The van der Waals surface area contributed by atoms with E-state index in [1.165, 1.54) is 0 Å². The standard InChI is InChI=1S/C29H33BF3NO2/c1-27(2)28(3,4)36-30(35-27)19-26(24-15-17-25(18-16-24)29(31,32)33)34(20-22-11-7-5-8-12-22)21-23-13-9-6-10-14-23/h5-18,26H,19-21H2,1-4H3/t26-/m0/s1. The van der Waals surface area contributed by atoms with Crippen molar-refractivity contribution in [2.75, 3.05) is 0 Å². The van der Waals surface area contributed by atoms with Crippen molar-refractivity contribution in [3.8, 4) is 0 Å². The Morgan fingerprint density at radius 3 is 1.58 bits per heavy atom. The van der Waals surface area contributed by atoms with Gasteiger partial charge >= 0.3 is 13.3 Å². The third-order valence-electron chi connectivity index (χ3n) is 7.24. The lowest BCUT2D eigenvalue weighted by molar-refractivity contribution is -0.137. The van der Waals surface area contributed by atoms with E-state index in [9.17, 15) is 13.2 Å². The number of rotatable bonds is 8. The average Bonchev–Trinajstić information content (AvgIpc) is 3.03. The molecule has 0 amide bonds. The van der Waals surface area contributed by atoms with Gasteiger partial charge in [0.05, 0.1) is 16.8 Å². The van der Waals surface area contributed by atoms with Crippen LogP contribution in [0.15, 0.2) is 84.9 Å². The third-order valence-corrected chi connectivity index (χ3v) is 7.24. The Morgan fingerprint density at radius 1 is 0.722 bits per heavy atom. The average molecular weight is 495 g/mol. The molecule has 4 rings (SSSR count). The number of alkyl halides is 3. The molecular weight excluding hydrogens is 462 g/mol. The molecule has 0 N–H and O–H groups in total. The van der Waals surface area contributed by atoms with Gasteiger partial charge in [-0.05, 0) is 56.5 Å². The van der Waals surface area contributed by atoms with E-state index in [2.05, 4.69) is 29.2 Å². The summed E-state index contributed by atoms with van der Waals surface area (Å²) in [5.74, 6) is 0. The highest BCUT2D eigenvalue weighted by molar-refractivity contribution is 6.45. The lowest BCUT2D eigenvalue weighted by Crippen LogP contribution is -2.41. The fourth-order valence-corrected chi connectivity index (χ4v) is 4.55. The number of benzene rings is 3. The molecule has 7 heteroatoms. The molecule has 0 spiro atoms. The molecule has 1 fully saturated rings. The summed E-state index contributed by atoms with van der Waals surface area (Å²) in [4.78, 5) is 2.29. The summed E-state index contributed by atoms with van der Waals surface area (Å²) < 4.78 is 52.5. The molecule has 0 aromatic heterocycles. The Labute approximate surface area is 212 Å². The largest absolute Gasteiger partial charge is 0.459 e. The minimum absolute atomic E-state index is 0.234. The molecule has 1 atom stereocenters. The predicted octanol–water partition coefficient (Wildman–Crippen LogP) is 7.54. The number of nitrogens with zero attached hydrogens (tertiary/aromatic N) is 1. The highest BCUT2D eigenvalue weighted by atomic mass is 19.4. The summed E-state index contributed by atoms with van der Waals surface area (Å²) in [6.45, 7) is 9.28. The SMILES string of the molecule is CC1(C)OB(C[C@@H](c2ccc(C(F)(F)F)cc2)N(Cc2ccccc2)Cc2ccccc2)OC1(C)C. The maximum atomic E-state index is 13.3. The quantitative estimate of drug-likeness (QED) is 0.302. The molecular formula is C29H33BF3NO2. The molecule has 1 aliphatic rings. The maximum absolute atomic E-state index is 13.3. The molecule has 1 aliphatic heterocycles. The first-order valence-electron chi connectivity index (χ1n) is 12.3. The molecule has 0 radical (unpaired) electrons. The molecule has 3 aromatic rings. The van der Waals surface area contributed by atoms with E-state index >= 15 is 0 Å². The van der Waals surface area contributed by atoms with Crippen molar-refractivity contribution in [2.24, 2.45) is 0 Å². The first kappa shape index (κ1) is 26.5. The highest BCUT2D eigenvalue weighted by Gasteiger charge is 2.51. The van der Waals surface area contributed by atoms with Crippen LogP contribution in [0, 0.1) is 0 Å². The highest BCUT2D eigenvalue weighted by Crippen LogP contribution is 2.41. The molecule has 0 bridgehead atoms. The van der Waals surface area contributed by atoms with Crippen LogP contribution in [-0.2, 0) is 28.6 Å². The van der Waals surface area contributed by atoms with Gasteiger partial charge in [0.15, 0.2) is 0 Å². The van der Waals surface area contributed by atoms with Crippen molar-refractivity contribution in [1.29, 1.82) is 0 Å². The fourth-order valence-electron chi connectivity index (χ4n) is 4.55. The predicted molar refractivity (Wildman–Crippen MR) is 137 cm³/mol. The summed E-state index contributed by atoms with van der Waals surface area (Å²) in [7, 11) is -0.490. The lowest BCUT2D eigenvalue weighted by Gasteiger charge is -2.33. The van der Waals surface area contributed by atoms with E-state index in [-0.39, 0.29) is 6.04 Å². The summed E-state index contributed by atoms with van der Waals surface area (Å²) in [5, 5.41) is 0. The van der Waals surface area contributed by atoms with Crippen LogP contribution < -0.4 is 0 Å². The zero-order valence-electron chi connectivity index (χ0n) is 21.3.